The molecular formula is C26H31FN2O4. The second kappa shape index (κ2) is 10.6. The lowest BCUT2D eigenvalue weighted by atomic mass is 9.94. The molecule has 2 aromatic carbocycles. The molecule has 0 saturated carbocycles. The van der Waals surface area contributed by atoms with Crippen LogP contribution < -0.4 is 4.74 Å². The summed E-state index contributed by atoms with van der Waals surface area (Å²) in [6.45, 7) is 5.38. The van der Waals surface area contributed by atoms with Crippen molar-refractivity contribution in [1.29, 1.82) is 0 Å². The molecule has 1 heterocycles. The highest BCUT2D eigenvalue weighted by Crippen LogP contribution is 2.40. The quantitative estimate of drug-likeness (QED) is 0.348. The first-order chi connectivity index (χ1) is 15.8. The van der Waals surface area contributed by atoms with Crippen molar-refractivity contribution in [3.63, 3.8) is 0 Å². The van der Waals surface area contributed by atoms with Gasteiger partial charge in [0, 0.05) is 17.7 Å². The van der Waals surface area contributed by atoms with Gasteiger partial charge in [0.25, 0.3) is 11.7 Å². The maximum absolute atomic E-state index is 14.8. The van der Waals surface area contributed by atoms with Gasteiger partial charge in [0.15, 0.2) is 0 Å². The minimum atomic E-state index is -0.996. The molecule has 0 bridgehead atoms. The number of Topliss-reactive ketones (excluding diaryl/α,β-unsaturated/α-hetero) is 1. The van der Waals surface area contributed by atoms with E-state index in [9.17, 15) is 19.1 Å². The molecule has 1 aliphatic rings. The predicted octanol–water partition coefficient (Wildman–Crippen LogP) is 4.30. The van der Waals surface area contributed by atoms with Crippen molar-refractivity contribution in [2.45, 2.75) is 32.7 Å². The van der Waals surface area contributed by atoms with Crippen molar-refractivity contribution in [2.24, 2.45) is 0 Å². The maximum Gasteiger partial charge on any atom is 0.295 e. The molecule has 33 heavy (non-hydrogen) atoms. The first kappa shape index (κ1) is 24.5. The van der Waals surface area contributed by atoms with Gasteiger partial charge in [-0.2, -0.15) is 0 Å². The average Bonchev–Trinajstić information content (AvgIpc) is 3.02. The van der Waals surface area contributed by atoms with Crippen LogP contribution in [0.25, 0.3) is 5.76 Å². The van der Waals surface area contributed by atoms with E-state index in [1.165, 1.54) is 11.0 Å². The van der Waals surface area contributed by atoms with Crippen LogP contribution in [0.3, 0.4) is 0 Å². The van der Waals surface area contributed by atoms with Crippen LogP contribution in [-0.4, -0.2) is 60.4 Å². The highest BCUT2D eigenvalue weighted by atomic mass is 19.1. The molecule has 1 amide bonds. The molecule has 1 N–H and O–H groups in total. The Labute approximate surface area is 194 Å². The summed E-state index contributed by atoms with van der Waals surface area (Å²) in [6, 6.07) is 10.1. The zero-order valence-corrected chi connectivity index (χ0v) is 19.6. The molecule has 0 radical (unpaired) electrons. The van der Waals surface area contributed by atoms with Gasteiger partial charge in [-0.15, -0.1) is 0 Å². The fourth-order valence-electron chi connectivity index (χ4n) is 4.01. The number of likely N-dealkylation sites (tertiary alicyclic amines) is 1. The fourth-order valence-corrected chi connectivity index (χ4v) is 4.01. The molecule has 6 nitrogen and oxygen atoms in total. The monoisotopic (exact) mass is 454 g/mol. The van der Waals surface area contributed by atoms with E-state index in [0.717, 1.165) is 12.0 Å². The number of aryl methyl sites for hydroxylation is 1. The molecule has 3 rings (SSSR count). The van der Waals surface area contributed by atoms with Crippen LogP contribution in [-0.2, 0) is 9.59 Å². The summed E-state index contributed by atoms with van der Waals surface area (Å²) in [6.07, 6.45) is 1.47. The van der Waals surface area contributed by atoms with Crippen molar-refractivity contribution >= 4 is 17.4 Å². The van der Waals surface area contributed by atoms with Crippen molar-refractivity contribution in [3.05, 3.63) is 70.5 Å². The summed E-state index contributed by atoms with van der Waals surface area (Å²) in [5.74, 6) is -1.71. The van der Waals surface area contributed by atoms with Crippen LogP contribution in [0.15, 0.2) is 48.0 Å². The number of ether oxygens (including phenoxy) is 1. The highest BCUT2D eigenvalue weighted by molar-refractivity contribution is 6.46. The summed E-state index contributed by atoms with van der Waals surface area (Å²) in [5, 5.41) is 11.2. The van der Waals surface area contributed by atoms with Gasteiger partial charge in [-0.3, -0.25) is 9.59 Å². The minimum absolute atomic E-state index is 0.100. The summed E-state index contributed by atoms with van der Waals surface area (Å²) < 4.78 is 20.5. The van der Waals surface area contributed by atoms with Gasteiger partial charge in [-0.25, -0.2) is 4.39 Å². The number of aliphatic hydroxyl groups excluding tert-OH is 1. The summed E-state index contributed by atoms with van der Waals surface area (Å²) in [7, 11) is 3.83. The molecule has 1 saturated heterocycles. The smallest absolute Gasteiger partial charge is 0.295 e. The normalized spacial score (nSPS) is 17.8. The van der Waals surface area contributed by atoms with E-state index >= 15 is 0 Å². The molecule has 7 heteroatoms. The first-order valence-corrected chi connectivity index (χ1v) is 11.2. The van der Waals surface area contributed by atoms with Gasteiger partial charge in [-0.05, 0) is 70.2 Å². The van der Waals surface area contributed by atoms with Gasteiger partial charge in [-0.1, -0.05) is 25.1 Å². The fraction of sp³-hybridized carbons (Fsp3) is 0.385. The Morgan fingerprint density at radius 1 is 1.18 bits per heavy atom. The number of hydrogen-bond acceptors (Lipinski definition) is 5. The number of carbonyl (C=O) groups is 2. The van der Waals surface area contributed by atoms with Crippen LogP contribution in [0.5, 0.6) is 5.75 Å². The third kappa shape index (κ3) is 5.25. The largest absolute Gasteiger partial charge is 0.507 e. The van der Waals surface area contributed by atoms with Crippen LogP contribution in [0, 0.1) is 12.7 Å². The maximum atomic E-state index is 14.8. The number of amides is 1. The topological polar surface area (TPSA) is 70.1 Å². The number of benzene rings is 2. The number of carbonyl (C=O) groups excluding carboxylic acids is 2. The Balaban J connectivity index is 2.08. The van der Waals surface area contributed by atoms with Crippen molar-refractivity contribution in [1.82, 2.24) is 9.80 Å². The lowest BCUT2D eigenvalue weighted by Gasteiger charge is -2.26. The predicted molar refractivity (Wildman–Crippen MR) is 126 cm³/mol. The zero-order valence-electron chi connectivity index (χ0n) is 19.6. The molecule has 1 aliphatic heterocycles. The van der Waals surface area contributed by atoms with Crippen molar-refractivity contribution in [3.8, 4) is 5.75 Å². The van der Waals surface area contributed by atoms with Crippen LogP contribution in [0.4, 0.5) is 4.39 Å². The minimum Gasteiger partial charge on any atom is -0.507 e. The summed E-state index contributed by atoms with van der Waals surface area (Å²) >= 11 is 0. The average molecular weight is 455 g/mol. The third-order valence-corrected chi connectivity index (χ3v) is 5.65. The van der Waals surface area contributed by atoms with E-state index in [0.29, 0.717) is 30.9 Å². The van der Waals surface area contributed by atoms with Crippen LogP contribution in [0.1, 0.15) is 42.5 Å². The van der Waals surface area contributed by atoms with Gasteiger partial charge in [0.05, 0.1) is 18.2 Å². The van der Waals surface area contributed by atoms with E-state index in [2.05, 4.69) is 0 Å². The number of aliphatic hydroxyl groups is 1. The summed E-state index contributed by atoms with van der Waals surface area (Å²) in [4.78, 5) is 29.3. The highest BCUT2D eigenvalue weighted by Gasteiger charge is 2.46. The number of rotatable bonds is 9. The molecule has 0 aromatic heterocycles. The Hall–Kier alpha value is -3.19. The standard InChI is InChI=1S/C26H31FN2O4/c1-5-15-33-21-12-11-18(16-17(21)2)24(30)22-23(19-9-6-7-10-20(19)27)29(26(32)25(22)31)14-8-13-28(3)4/h6-7,9-12,16,23,30H,5,8,13-15H2,1-4H3/b24-22+. The number of nitrogens with zero attached hydrogens (tertiary/aromatic N) is 2. The van der Waals surface area contributed by atoms with Gasteiger partial charge >= 0.3 is 0 Å². The van der Waals surface area contributed by atoms with Crippen molar-refractivity contribution in [2.75, 3.05) is 33.8 Å². The SMILES string of the molecule is CCCOc1ccc(/C(O)=C2\C(=O)C(=O)N(CCCN(C)C)C2c2ccccc2F)cc1C. The van der Waals surface area contributed by atoms with E-state index in [4.69, 9.17) is 4.74 Å². The van der Waals surface area contributed by atoms with Gasteiger partial charge in [0.1, 0.15) is 17.3 Å². The Bertz CT molecular complexity index is 1060. The zero-order chi connectivity index (χ0) is 24.1. The molecular weight excluding hydrogens is 423 g/mol. The molecule has 0 aliphatic carbocycles. The van der Waals surface area contributed by atoms with Gasteiger partial charge in [0.2, 0.25) is 0 Å². The molecule has 1 fully saturated rings. The van der Waals surface area contributed by atoms with E-state index in [1.807, 2.05) is 32.8 Å². The lowest BCUT2D eigenvalue weighted by molar-refractivity contribution is -0.140. The Morgan fingerprint density at radius 2 is 1.91 bits per heavy atom. The molecule has 2 aromatic rings. The van der Waals surface area contributed by atoms with E-state index < -0.39 is 23.5 Å². The number of ketones is 1. The Morgan fingerprint density at radius 3 is 2.55 bits per heavy atom. The molecule has 0 spiro atoms. The van der Waals surface area contributed by atoms with Crippen LogP contribution >= 0.6 is 0 Å². The van der Waals surface area contributed by atoms with Gasteiger partial charge < -0.3 is 19.6 Å². The third-order valence-electron chi connectivity index (χ3n) is 5.65. The lowest BCUT2D eigenvalue weighted by Crippen LogP contribution is -2.32. The first-order valence-electron chi connectivity index (χ1n) is 11.2. The Kier molecular flexibility index (Phi) is 7.87. The number of hydrogen-bond donors (Lipinski definition) is 1. The van der Waals surface area contributed by atoms with E-state index in [-0.39, 0.29) is 23.4 Å². The second-order valence-electron chi connectivity index (χ2n) is 8.50. The van der Waals surface area contributed by atoms with Crippen molar-refractivity contribution < 1.29 is 23.8 Å². The van der Waals surface area contributed by atoms with E-state index in [1.54, 1.807) is 36.4 Å². The number of halogens is 1. The molecule has 1 unspecified atom stereocenters. The summed E-state index contributed by atoms with van der Waals surface area (Å²) in [5.41, 5.74) is 1.25. The molecule has 176 valence electrons. The molecule has 1 atom stereocenters. The second-order valence-corrected chi connectivity index (χ2v) is 8.50. The van der Waals surface area contributed by atoms with Crippen LogP contribution in [0.2, 0.25) is 0 Å².